The Morgan fingerprint density at radius 3 is 2.70 bits per heavy atom. The second-order valence-corrected chi connectivity index (χ2v) is 7.61. The van der Waals surface area contributed by atoms with Crippen LogP contribution in [0, 0.1) is 0 Å². The van der Waals surface area contributed by atoms with Crippen molar-refractivity contribution >= 4 is 11.6 Å². The molecule has 5 rings (SSSR count). The molecule has 27 heavy (non-hydrogen) atoms. The SMILES string of the molecule is CC1(C)C(=O)N(C2COC2)c2cc(-n3cc(-c4cccnc4)cn3)ccc21. The van der Waals surface area contributed by atoms with Crippen molar-refractivity contribution in [3.05, 3.63) is 60.7 Å². The summed E-state index contributed by atoms with van der Waals surface area (Å²) in [7, 11) is 0. The Bertz CT molecular complexity index is 1020. The topological polar surface area (TPSA) is 60.2 Å². The molecule has 4 heterocycles. The molecule has 6 heteroatoms. The van der Waals surface area contributed by atoms with Crippen LogP contribution in [0.3, 0.4) is 0 Å². The minimum atomic E-state index is -0.519. The van der Waals surface area contributed by atoms with Gasteiger partial charge in [-0.05, 0) is 37.6 Å². The number of anilines is 1. The molecule has 2 aromatic heterocycles. The van der Waals surface area contributed by atoms with E-state index in [1.165, 1.54) is 0 Å². The Balaban J connectivity index is 1.56. The van der Waals surface area contributed by atoms with Gasteiger partial charge in [-0.25, -0.2) is 4.68 Å². The van der Waals surface area contributed by atoms with E-state index in [4.69, 9.17) is 4.74 Å². The van der Waals surface area contributed by atoms with E-state index in [2.05, 4.69) is 16.1 Å². The van der Waals surface area contributed by atoms with Gasteiger partial charge in [0.2, 0.25) is 5.91 Å². The molecule has 2 aliphatic heterocycles. The minimum absolute atomic E-state index is 0.122. The molecule has 6 nitrogen and oxygen atoms in total. The number of pyridine rings is 1. The molecule has 0 saturated carbocycles. The summed E-state index contributed by atoms with van der Waals surface area (Å²) in [5.41, 5.74) is 4.46. The largest absolute Gasteiger partial charge is 0.377 e. The van der Waals surface area contributed by atoms with Gasteiger partial charge in [0.15, 0.2) is 0 Å². The van der Waals surface area contributed by atoms with Gasteiger partial charge in [-0.1, -0.05) is 12.1 Å². The molecule has 0 radical (unpaired) electrons. The molecule has 0 aliphatic carbocycles. The summed E-state index contributed by atoms with van der Waals surface area (Å²) >= 11 is 0. The second kappa shape index (κ2) is 5.76. The molecule has 0 bridgehead atoms. The Labute approximate surface area is 157 Å². The summed E-state index contributed by atoms with van der Waals surface area (Å²) in [6.07, 6.45) is 7.39. The monoisotopic (exact) mass is 360 g/mol. The van der Waals surface area contributed by atoms with Gasteiger partial charge in [-0.15, -0.1) is 0 Å². The van der Waals surface area contributed by atoms with Crippen LogP contribution in [0.1, 0.15) is 19.4 Å². The number of amides is 1. The molecule has 136 valence electrons. The second-order valence-electron chi connectivity index (χ2n) is 7.61. The maximum Gasteiger partial charge on any atom is 0.237 e. The van der Waals surface area contributed by atoms with E-state index < -0.39 is 5.41 Å². The molecule has 0 spiro atoms. The van der Waals surface area contributed by atoms with E-state index in [-0.39, 0.29) is 11.9 Å². The third kappa shape index (κ3) is 2.40. The predicted octanol–water partition coefficient (Wildman–Crippen LogP) is 2.96. The summed E-state index contributed by atoms with van der Waals surface area (Å²) in [5, 5.41) is 4.51. The van der Waals surface area contributed by atoms with Gasteiger partial charge in [-0.3, -0.25) is 9.78 Å². The molecular formula is C21H20N4O2. The molecular weight excluding hydrogens is 340 g/mol. The van der Waals surface area contributed by atoms with Crippen molar-refractivity contribution in [3.8, 4) is 16.8 Å². The van der Waals surface area contributed by atoms with Gasteiger partial charge in [0, 0.05) is 29.7 Å². The summed E-state index contributed by atoms with van der Waals surface area (Å²) in [6, 6.07) is 10.2. The number of benzene rings is 1. The fourth-order valence-electron chi connectivity index (χ4n) is 3.80. The van der Waals surface area contributed by atoms with Gasteiger partial charge in [0.25, 0.3) is 0 Å². The van der Waals surface area contributed by atoms with Gasteiger partial charge in [0.1, 0.15) is 0 Å². The van der Waals surface area contributed by atoms with E-state index in [1.807, 2.05) is 66.3 Å². The van der Waals surface area contributed by atoms with Gasteiger partial charge >= 0.3 is 0 Å². The fraction of sp³-hybridized carbons (Fsp3) is 0.286. The van der Waals surface area contributed by atoms with Gasteiger partial charge in [-0.2, -0.15) is 5.10 Å². The lowest BCUT2D eigenvalue weighted by Gasteiger charge is -2.35. The Hall–Kier alpha value is -2.99. The third-order valence-corrected chi connectivity index (χ3v) is 5.50. The zero-order chi connectivity index (χ0) is 18.6. The number of carbonyl (C=O) groups is 1. The number of carbonyl (C=O) groups excluding carboxylic acids is 1. The first-order valence-corrected chi connectivity index (χ1v) is 9.07. The van der Waals surface area contributed by atoms with Crippen LogP contribution >= 0.6 is 0 Å². The molecule has 3 aromatic rings. The normalized spacial score (nSPS) is 18.4. The highest BCUT2D eigenvalue weighted by molar-refractivity contribution is 6.08. The minimum Gasteiger partial charge on any atom is -0.377 e. The van der Waals surface area contributed by atoms with E-state index in [0.717, 1.165) is 28.1 Å². The number of aromatic nitrogens is 3. The summed E-state index contributed by atoms with van der Waals surface area (Å²) in [5.74, 6) is 0.138. The Morgan fingerprint density at radius 1 is 1.15 bits per heavy atom. The predicted molar refractivity (Wildman–Crippen MR) is 102 cm³/mol. The van der Waals surface area contributed by atoms with Crippen molar-refractivity contribution in [1.29, 1.82) is 0 Å². The Kier molecular flexibility index (Phi) is 3.45. The average molecular weight is 360 g/mol. The number of fused-ring (bicyclic) bond motifs is 1. The summed E-state index contributed by atoms with van der Waals surface area (Å²) < 4.78 is 7.17. The lowest BCUT2D eigenvalue weighted by Crippen LogP contribution is -2.52. The third-order valence-electron chi connectivity index (χ3n) is 5.50. The molecule has 0 unspecified atom stereocenters. The molecule has 1 aromatic carbocycles. The Morgan fingerprint density at radius 2 is 2.00 bits per heavy atom. The number of rotatable bonds is 3. The van der Waals surface area contributed by atoms with Crippen molar-refractivity contribution in [2.24, 2.45) is 0 Å². The van der Waals surface area contributed by atoms with E-state index in [1.54, 1.807) is 6.20 Å². The number of hydrogen-bond acceptors (Lipinski definition) is 4. The maximum atomic E-state index is 13.0. The first-order chi connectivity index (χ1) is 13.1. The fourth-order valence-corrected chi connectivity index (χ4v) is 3.80. The van der Waals surface area contributed by atoms with Crippen LogP contribution in [0.25, 0.3) is 16.8 Å². The van der Waals surface area contributed by atoms with E-state index >= 15 is 0 Å². The van der Waals surface area contributed by atoms with E-state index in [0.29, 0.717) is 13.2 Å². The zero-order valence-corrected chi connectivity index (χ0v) is 15.3. The average Bonchev–Trinajstić information content (AvgIpc) is 3.20. The van der Waals surface area contributed by atoms with Crippen molar-refractivity contribution in [2.45, 2.75) is 25.3 Å². The van der Waals surface area contributed by atoms with Crippen LogP contribution in [0.5, 0.6) is 0 Å². The van der Waals surface area contributed by atoms with Crippen LogP contribution in [0.4, 0.5) is 5.69 Å². The number of hydrogen-bond donors (Lipinski definition) is 0. The van der Waals surface area contributed by atoms with Crippen LogP contribution in [-0.2, 0) is 14.9 Å². The van der Waals surface area contributed by atoms with Gasteiger partial charge < -0.3 is 9.64 Å². The van der Waals surface area contributed by atoms with E-state index in [9.17, 15) is 4.79 Å². The highest BCUT2D eigenvalue weighted by Crippen LogP contribution is 2.44. The van der Waals surface area contributed by atoms with Crippen molar-refractivity contribution in [2.75, 3.05) is 18.1 Å². The van der Waals surface area contributed by atoms with Crippen LogP contribution in [0.15, 0.2) is 55.1 Å². The van der Waals surface area contributed by atoms with Crippen LogP contribution in [0.2, 0.25) is 0 Å². The number of ether oxygens (including phenoxy) is 1. The van der Waals surface area contributed by atoms with Crippen molar-refractivity contribution in [1.82, 2.24) is 14.8 Å². The molecule has 0 N–H and O–H groups in total. The first kappa shape index (κ1) is 16.2. The standard InChI is InChI=1S/C21H20N4O2/c1-21(2)18-6-5-16(8-19(18)25(20(21)26)17-12-27-13-17)24-11-15(10-23-24)14-4-3-7-22-9-14/h3-11,17H,12-13H2,1-2H3. The lowest BCUT2D eigenvalue weighted by atomic mass is 9.86. The molecule has 0 atom stereocenters. The first-order valence-electron chi connectivity index (χ1n) is 9.07. The summed E-state index contributed by atoms with van der Waals surface area (Å²) in [4.78, 5) is 19.1. The van der Waals surface area contributed by atoms with Crippen molar-refractivity contribution in [3.63, 3.8) is 0 Å². The summed E-state index contributed by atoms with van der Waals surface area (Å²) in [6.45, 7) is 5.17. The molecule has 1 amide bonds. The molecule has 1 saturated heterocycles. The van der Waals surface area contributed by atoms with Gasteiger partial charge in [0.05, 0.1) is 42.2 Å². The number of nitrogens with zero attached hydrogens (tertiary/aromatic N) is 4. The highest BCUT2D eigenvalue weighted by Gasteiger charge is 2.48. The lowest BCUT2D eigenvalue weighted by molar-refractivity contribution is -0.124. The zero-order valence-electron chi connectivity index (χ0n) is 15.3. The highest BCUT2D eigenvalue weighted by atomic mass is 16.5. The van der Waals surface area contributed by atoms with Crippen molar-refractivity contribution < 1.29 is 9.53 Å². The maximum absolute atomic E-state index is 13.0. The van der Waals surface area contributed by atoms with Crippen LogP contribution in [-0.4, -0.2) is 39.9 Å². The van der Waals surface area contributed by atoms with Crippen LogP contribution < -0.4 is 4.90 Å². The molecule has 2 aliphatic rings. The quantitative estimate of drug-likeness (QED) is 0.720. The smallest absolute Gasteiger partial charge is 0.237 e. The molecule has 1 fully saturated rings.